The van der Waals surface area contributed by atoms with Gasteiger partial charge in [0.25, 0.3) is 5.56 Å². The predicted molar refractivity (Wildman–Crippen MR) is 70.0 cm³/mol. The summed E-state index contributed by atoms with van der Waals surface area (Å²) in [6.45, 7) is 4.02. The molecule has 90 valence electrons. The van der Waals surface area contributed by atoms with Crippen LogP contribution in [-0.4, -0.2) is 9.66 Å². The number of rotatable bonds is 0. The van der Waals surface area contributed by atoms with Gasteiger partial charge < -0.3 is 5.84 Å². The molecule has 5 heteroatoms. The van der Waals surface area contributed by atoms with Gasteiger partial charge in [0.2, 0.25) is 0 Å². The highest BCUT2D eigenvalue weighted by Gasteiger charge is 2.23. The second kappa shape index (κ2) is 3.57. The number of nitrogens with two attached hydrogens (primary N) is 1. The number of nitrogens with zero attached hydrogens (tertiary/aromatic N) is 2. The summed E-state index contributed by atoms with van der Waals surface area (Å²) in [6.07, 6.45) is 3.20. The third kappa shape index (κ3) is 1.49. The molecule has 4 nitrogen and oxygen atoms in total. The number of fused-ring (bicyclic) bond motifs is 3. The zero-order valence-corrected chi connectivity index (χ0v) is 10.8. The molecule has 0 amide bonds. The highest BCUT2D eigenvalue weighted by molar-refractivity contribution is 7.18. The molecule has 1 aliphatic carbocycles. The molecule has 1 atom stereocenters. The molecule has 0 saturated heterocycles. The minimum atomic E-state index is -0.0976. The minimum Gasteiger partial charge on any atom is -0.335 e. The topological polar surface area (TPSA) is 60.9 Å². The van der Waals surface area contributed by atoms with E-state index >= 15 is 0 Å². The van der Waals surface area contributed by atoms with Gasteiger partial charge in [-0.3, -0.25) is 4.79 Å². The lowest BCUT2D eigenvalue weighted by atomic mass is 9.89. The summed E-state index contributed by atoms with van der Waals surface area (Å²) < 4.78 is 1.16. The quantitative estimate of drug-likeness (QED) is 0.721. The number of hydrogen-bond acceptors (Lipinski definition) is 4. The van der Waals surface area contributed by atoms with E-state index in [2.05, 4.69) is 11.9 Å². The van der Waals surface area contributed by atoms with E-state index in [4.69, 9.17) is 5.84 Å². The van der Waals surface area contributed by atoms with Crippen molar-refractivity contribution in [2.75, 3.05) is 5.84 Å². The van der Waals surface area contributed by atoms with Crippen LogP contribution in [0.15, 0.2) is 4.79 Å². The maximum Gasteiger partial charge on any atom is 0.280 e. The molecule has 2 N–H and O–H groups in total. The smallest absolute Gasteiger partial charge is 0.280 e. The third-order valence-electron chi connectivity index (χ3n) is 3.54. The van der Waals surface area contributed by atoms with Crippen molar-refractivity contribution in [3.05, 3.63) is 26.6 Å². The fraction of sp³-hybridized carbons (Fsp3) is 0.500. The zero-order chi connectivity index (χ0) is 12.2. The molecule has 0 radical (unpaired) electrons. The van der Waals surface area contributed by atoms with Gasteiger partial charge in [-0.15, -0.1) is 11.3 Å². The fourth-order valence-corrected chi connectivity index (χ4v) is 3.92. The van der Waals surface area contributed by atoms with Crippen LogP contribution in [0.1, 0.15) is 29.6 Å². The van der Waals surface area contributed by atoms with E-state index in [1.807, 2.05) is 0 Å². The SMILES string of the molecule is Cc1nc2sc3c(c2c(=O)n1N)CC[C@H](C)C3. The Labute approximate surface area is 103 Å². The van der Waals surface area contributed by atoms with Gasteiger partial charge in [-0.2, -0.15) is 0 Å². The summed E-state index contributed by atoms with van der Waals surface area (Å²) in [5.74, 6) is 7.00. The summed E-state index contributed by atoms with van der Waals surface area (Å²) in [6, 6.07) is 0. The van der Waals surface area contributed by atoms with E-state index in [-0.39, 0.29) is 5.56 Å². The lowest BCUT2D eigenvalue weighted by Gasteiger charge is -2.17. The van der Waals surface area contributed by atoms with E-state index in [1.165, 1.54) is 10.4 Å². The average Bonchev–Trinajstić information content (AvgIpc) is 2.63. The standard InChI is InChI=1S/C12H15N3OS/c1-6-3-4-8-9(5-6)17-11-10(8)12(16)15(13)7(2)14-11/h6H,3-5,13H2,1-2H3/t6-/m0/s1. The van der Waals surface area contributed by atoms with E-state index in [0.717, 1.165) is 34.2 Å². The molecule has 1 aliphatic rings. The van der Waals surface area contributed by atoms with E-state index in [1.54, 1.807) is 18.3 Å². The van der Waals surface area contributed by atoms with Crippen LogP contribution in [0.5, 0.6) is 0 Å². The fourth-order valence-electron chi connectivity index (χ4n) is 2.50. The predicted octanol–water partition coefficient (Wildman–Crippen LogP) is 1.61. The molecule has 0 saturated carbocycles. The molecule has 0 unspecified atom stereocenters. The molecular weight excluding hydrogens is 234 g/mol. The van der Waals surface area contributed by atoms with Crippen molar-refractivity contribution >= 4 is 21.6 Å². The molecule has 0 bridgehead atoms. The van der Waals surface area contributed by atoms with Crippen LogP contribution >= 0.6 is 11.3 Å². The molecule has 2 aromatic heterocycles. The Morgan fingerprint density at radius 1 is 1.53 bits per heavy atom. The molecule has 0 aromatic carbocycles. The van der Waals surface area contributed by atoms with Gasteiger partial charge >= 0.3 is 0 Å². The van der Waals surface area contributed by atoms with Crippen LogP contribution in [-0.2, 0) is 12.8 Å². The summed E-state index contributed by atoms with van der Waals surface area (Å²) in [5, 5.41) is 0.755. The molecule has 2 heterocycles. The van der Waals surface area contributed by atoms with Crippen LogP contribution in [0.4, 0.5) is 0 Å². The van der Waals surface area contributed by atoms with Crippen LogP contribution < -0.4 is 11.4 Å². The Balaban J connectivity index is 2.37. The van der Waals surface area contributed by atoms with Crippen molar-refractivity contribution in [2.45, 2.75) is 33.1 Å². The first-order valence-corrected chi connectivity index (χ1v) is 6.68. The summed E-state index contributed by atoms with van der Waals surface area (Å²) in [5.41, 5.74) is 1.10. The first-order chi connectivity index (χ1) is 8.08. The maximum atomic E-state index is 12.2. The first kappa shape index (κ1) is 10.8. The van der Waals surface area contributed by atoms with Gasteiger partial charge in [0.1, 0.15) is 10.7 Å². The van der Waals surface area contributed by atoms with E-state index < -0.39 is 0 Å². The monoisotopic (exact) mass is 249 g/mol. The molecule has 2 aromatic rings. The van der Waals surface area contributed by atoms with Crippen LogP contribution in [0.2, 0.25) is 0 Å². The van der Waals surface area contributed by atoms with E-state index in [9.17, 15) is 4.79 Å². The van der Waals surface area contributed by atoms with E-state index in [0.29, 0.717) is 11.7 Å². The summed E-state index contributed by atoms with van der Waals surface area (Å²) in [4.78, 5) is 18.8. The first-order valence-electron chi connectivity index (χ1n) is 5.87. The largest absolute Gasteiger partial charge is 0.335 e. The number of nitrogen functional groups attached to an aromatic ring is 1. The molecule has 0 spiro atoms. The Kier molecular flexibility index (Phi) is 2.26. The van der Waals surface area contributed by atoms with Gasteiger partial charge in [0, 0.05) is 4.88 Å². The highest BCUT2D eigenvalue weighted by Crippen LogP contribution is 2.35. The third-order valence-corrected chi connectivity index (χ3v) is 4.69. The van der Waals surface area contributed by atoms with Crippen LogP contribution in [0.25, 0.3) is 10.2 Å². The molecular formula is C12H15N3OS. The Morgan fingerprint density at radius 2 is 2.29 bits per heavy atom. The van der Waals surface area contributed by atoms with Gasteiger partial charge in [-0.05, 0) is 37.7 Å². The number of thiophene rings is 1. The Hall–Kier alpha value is -1.36. The molecule has 3 rings (SSSR count). The molecule has 0 aliphatic heterocycles. The Bertz CT molecular complexity index is 656. The van der Waals surface area contributed by atoms with Crippen molar-refractivity contribution in [3.8, 4) is 0 Å². The average molecular weight is 249 g/mol. The van der Waals surface area contributed by atoms with Crippen molar-refractivity contribution < 1.29 is 0 Å². The molecule has 17 heavy (non-hydrogen) atoms. The minimum absolute atomic E-state index is 0.0976. The summed E-state index contributed by atoms with van der Waals surface area (Å²) in [7, 11) is 0. The number of hydrogen-bond donors (Lipinski definition) is 1. The number of aromatic nitrogens is 2. The van der Waals surface area contributed by atoms with Gasteiger partial charge in [0.05, 0.1) is 5.39 Å². The molecule has 0 fully saturated rings. The van der Waals surface area contributed by atoms with Gasteiger partial charge in [-0.25, -0.2) is 9.66 Å². The van der Waals surface area contributed by atoms with Crippen LogP contribution in [0.3, 0.4) is 0 Å². The lowest BCUT2D eigenvalue weighted by Crippen LogP contribution is -2.30. The normalized spacial score (nSPS) is 19.5. The highest BCUT2D eigenvalue weighted by atomic mass is 32.1. The zero-order valence-electron chi connectivity index (χ0n) is 9.99. The van der Waals surface area contributed by atoms with Crippen molar-refractivity contribution in [1.29, 1.82) is 0 Å². The number of aryl methyl sites for hydroxylation is 2. The van der Waals surface area contributed by atoms with Gasteiger partial charge in [-0.1, -0.05) is 6.92 Å². The summed E-state index contributed by atoms with van der Waals surface area (Å²) >= 11 is 1.66. The van der Waals surface area contributed by atoms with Crippen molar-refractivity contribution in [2.24, 2.45) is 5.92 Å². The van der Waals surface area contributed by atoms with Crippen molar-refractivity contribution in [3.63, 3.8) is 0 Å². The second-order valence-electron chi connectivity index (χ2n) is 4.87. The lowest BCUT2D eigenvalue weighted by molar-refractivity contribution is 0.509. The Morgan fingerprint density at radius 3 is 3.06 bits per heavy atom. The van der Waals surface area contributed by atoms with Crippen LogP contribution in [0, 0.1) is 12.8 Å². The maximum absolute atomic E-state index is 12.2. The van der Waals surface area contributed by atoms with Crippen molar-refractivity contribution in [1.82, 2.24) is 9.66 Å². The van der Waals surface area contributed by atoms with Gasteiger partial charge in [0.15, 0.2) is 0 Å². The second-order valence-corrected chi connectivity index (χ2v) is 5.95.